The summed E-state index contributed by atoms with van der Waals surface area (Å²) in [6.07, 6.45) is 1.64. The van der Waals surface area contributed by atoms with Gasteiger partial charge in [0.25, 0.3) is 5.91 Å². The normalized spacial score (nSPS) is 14.4. The molecule has 0 bridgehead atoms. The molecule has 1 heterocycles. The molecule has 11 heteroatoms. The number of nitrogens with one attached hydrogen (secondary N) is 2. The predicted octanol–water partition coefficient (Wildman–Crippen LogP) is 5.17. The molecule has 1 atom stereocenters. The van der Waals surface area contributed by atoms with Crippen molar-refractivity contribution in [1.29, 1.82) is 0 Å². The molecule has 0 radical (unpaired) electrons. The van der Waals surface area contributed by atoms with Crippen LogP contribution in [0.15, 0.2) is 77.4 Å². The van der Waals surface area contributed by atoms with Gasteiger partial charge in [-0.1, -0.05) is 30.0 Å². The molecule has 0 saturated carbocycles. The van der Waals surface area contributed by atoms with Gasteiger partial charge in [-0.15, -0.1) is 0 Å². The maximum atomic E-state index is 13.6. The van der Waals surface area contributed by atoms with E-state index in [4.69, 9.17) is 14.2 Å². The molecule has 0 spiro atoms. The Bertz CT molecular complexity index is 1480. The molecule has 0 fully saturated rings. The lowest BCUT2D eigenvalue weighted by Gasteiger charge is -2.20. The third-order valence-electron chi connectivity index (χ3n) is 5.96. The number of anilines is 3. The summed E-state index contributed by atoms with van der Waals surface area (Å²) in [5, 5.41) is 5.32. The molecule has 10 nitrogen and oxygen atoms in total. The quantitative estimate of drug-likeness (QED) is 0.338. The first-order chi connectivity index (χ1) is 19.7. The van der Waals surface area contributed by atoms with Crippen molar-refractivity contribution in [2.45, 2.75) is 19.1 Å². The molecular weight excluding hydrogens is 544 g/mol. The van der Waals surface area contributed by atoms with E-state index in [9.17, 15) is 14.4 Å². The Balaban J connectivity index is 1.61. The highest BCUT2D eigenvalue weighted by atomic mass is 32.2. The van der Waals surface area contributed by atoms with Crippen LogP contribution < -0.4 is 29.7 Å². The first-order valence-corrected chi connectivity index (χ1v) is 13.5. The Morgan fingerprint density at radius 3 is 2.02 bits per heavy atom. The minimum absolute atomic E-state index is 0.180. The average Bonchev–Trinajstić information content (AvgIpc) is 3.27. The number of benzene rings is 3. The lowest BCUT2D eigenvalue weighted by molar-refractivity contribution is -0.116. The molecule has 1 aliphatic rings. The highest BCUT2D eigenvalue weighted by Gasteiger charge is 2.34. The molecule has 3 aromatic rings. The zero-order valence-electron chi connectivity index (χ0n) is 23.3. The number of nitrogens with zero attached hydrogens (tertiary/aromatic N) is 2. The summed E-state index contributed by atoms with van der Waals surface area (Å²) in [7, 11) is 4.55. The molecule has 1 aliphatic heterocycles. The van der Waals surface area contributed by atoms with Gasteiger partial charge in [-0.25, -0.2) is 4.99 Å². The third kappa shape index (κ3) is 6.87. The van der Waals surface area contributed by atoms with Crippen molar-refractivity contribution in [3.05, 3.63) is 78.0 Å². The van der Waals surface area contributed by atoms with Crippen LogP contribution in [-0.4, -0.2) is 49.5 Å². The van der Waals surface area contributed by atoms with Gasteiger partial charge in [-0.05, 0) is 67.1 Å². The third-order valence-corrected chi connectivity index (χ3v) is 7.01. The molecule has 0 aromatic heterocycles. The summed E-state index contributed by atoms with van der Waals surface area (Å²) < 4.78 is 16.3. The number of para-hydroxylation sites is 1. The Kier molecular flexibility index (Phi) is 9.30. The summed E-state index contributed by atoms with van der Waals surface area (Å²) in [6.45, 7) is 3.16. The van der Waals surface area contributed by atoms with Crippen LogP contribution in [-0.2, 0) is 14.4 Å². The molecule has 41 heavy (non-hydrogen) atoms. The van der Waals surface area contributed by atoms with Crippen molar-refractivity contribution in [3.8, 4) is 17.2 Å². The van der Waals surface area contributed by atoms with Crippen LogP contribution in [0, 0.1) is 0 Å². The smallest absolute Gasteiger partial charge is 0.283 e. The highest BCUT2D eigenvalue weighted by molar-refractivity contribution is 8.15. The van der Waals surface area contributed by atoms with Crippen molar-refractivity contribution in [2.75, 3.05) is 36.9 Å². The van der Waals surface area contributed by atoms with Crippen molar-refractivity contribution in [1.82, 2.24) is 0 Å². The maximum absolute atomic E-state index is 13.6. The lowest BCUT2D eigenvalue weighted by Crippen LogP contribution is -2.33. The number of hydrogen-bond acceptors (Lipinski definition) is 8. The number of carbonyl (C=O) groups excluding carboxylic acids is 3. The number of amides is 3. The van der Waals surface area contributed by atoms with Crippen LogP contribution >= 0.6 is 11.8 Å². The number of aliphatic imine (C=N–C) groups is 1. The second-order valence-electron chi connectivity index (χ2n) is 8.87. The maximum Gasteiger partial charge on any atom is 0.283 e. The van der Waals surface area contributed by atoms with Crippen molar-refractivity contribution < 1.29 is 28.6 Å². The second kappa shape index (κ2) is 13.1. The monoisotopic (exact) mass is 574 g/mol. The minimum Gasteiger partial charge on any atom is -0.493 e. The van der Waals surface area contributed by atoms with E-state index in [1.807, 2.05) is 18.2 Å². The van der Waals surface area contributed by atoms with Gasteiger partial charge in [0.05, 0.1) is 32.3 Å². The van der Waals surface area contributed by atoms with Gasteiger partial charge in [0.15, 0.2) is 16.7 Å². The van der Waals surface area contributed by atoms with Crippen LogP contribution in [0.2, 0.25) is 0 Å². The lowest BCUT2D eigenvalue weighted by atomic mass is 10.1. The fourth-order valence-corrected chi connectivity index (χ4v) is 4.95. The van der Waals surface area contributed by atoms with Crippen LogP contribution in [0.4, 0.5) is 17.1 Å². The van der Waals surface area contributed by atoms with E-state index >= 15 is 0 Å². The predicted molar refractivity (Wildman–Crippen MR) is 162 cm³/mol. The molecule has 0 unspecified atom stereocenters. The standard InChI is InChI=1S/C30H30N4O6S/c1-18(28(36)32-22-13-11-21(12-14-22)31-19(2)35)41-30-33-24(29(37)34(30)23-9-7-6-8-10-23)15-20-16-25(38-3)27(40-5)26(17-20)39-4/h6-18H,1-5H3,(H,31,35)(H,32,36)/b24-15+/t18-/m1/s1. The summed E-state index contributed by atoms with van der Waals surface area (Å²) in [4.78, 5) is 44.0. The Morgan fingerprint density at radius 2 is 1.49 bits per heavy atom. The SMILES string of the molecule is COc1cc(/C=C2/N=C(S[C@H](C)C(=O)Nc3ccc(NC(C)=O)cc3)N(c3ccccc3)C2=O)cc(OC)c1OC. The van der Waals surface area contributed by atoms with Crippen molar-refractivity contribution in [2.24, 2.45) is 4.99 Å². The fourth-order valence-electron chi connectivity index (χ4n) is 4.02. The number of rotatable bonds is 9. The number of methoxy groups -OCH3 is 3. The molecule has 212 valence electrons. The van der Waals surface area contributed by atoms with E-state index in [2.05, 4.69) is 15.6 Å². The van der Waals surface area contributed by atoms with Gasteiger partial charge in [-0.3, -0.25) is 19.3 Å². The van der Waals surface area contributed by atoms with Crippen LogP contribution in [0.1, 0.15) is 19.4 Å². The van der Waals surface area contributed by atoms with Gasteiger partial charge >= 0.3 is 0 Å². The van der Waals surface area contributed by atoms with Crippen LogP contribution in [0.5, 0.6) is 17.2 Å². The fraction of sp³-hybridized carbons (Fsp3) is 0.200. The van der Waals surface area contributed by atoms with Gasteiger partial charge in [0.2, 0.25) is 17.6 Å². The van der Waals surface area contributed by atoms with E-state index in [-0.39, 0.29) is 23.4 Å². The number of amidine groups is 1. The number of thioether (sulfide) groups is 1. The van der Waals surface area contributed by atoms with Gasteiger partial charge in [0.1, 0.15) is 5.70 Å². The molecule has 3 aromatic carbocycles. The summed E-state index contributed by atoms with van der Waals surface area (Å²) in [5.41, 5.74) is 2.63. The minimum atomic E-state index is -0.594. The number of ether oxygens (including phenoxy) is 3. The van der Waals surface area contributed by atoms with E-state index in [1.54, 1.807) is 61.5 Å². The first-order valence-electron chi connectivity index (χ1n) is 12.6. The van der Waals surface area contributed by atoms with Gasteiger partial charge < -0.3 is 24.8 Å². The summed E-state index contributed by atoms with van der Waals surface area (Å²) in [5.74, 6) is 0.530. The Labute approximate surface area is 242 Å². The Morgan fingerprint density at radius 1 is 0.902 bits per heavy atom. The molecule has 4 rings (SSSR count). The zero-order chi connectivity index (χ0) is 29.5. The number of carbonyl (C=O) groups is 3. The van der Waals surface area contributed by atoms with Gasteiger partial charge in [-0.2, -0.15) is 0 Å². The average molecular weight is 575 g/mol. The van der Waals surface area contributed by atoms with Crippen molar-refractivity contribution >= 4 is 57.8 Å². The molecule has 0 aliphatic carbocycles. The van der Waals surface area contributed by atoms with E-state index in [0.29, 0.717) is 45.0 Å². The van der Waals surface area contributed by atoms with E-state index in [1.165, 1.54) is 33.2 Å². The van der Waals surface area contributed by atoms with Gasteiger partial charge in [0, 0.05) is 18.3 Å². The number of hydrogen-bond donors (Lipinski definition) is 2. The Hall–Kier alpha value is -4.77. The molecule has 3 amide bonds. The molecule has 2 N–H and O–H groups in total. The second-order valence-corrected chi connectivity index (χ2v) is 10.2. The molecule has 0 saturated heterocycles. The summed E-state index contributed by atoms with van der Waals surface area (Å²) >= 11 is 1.16. The highest BCUT2D eigenvalue weighted by Crippen LogP contribution is 2.39. The van der Waals surface area contributed by atoms with Crippen LogP contribution in [0.3, 0.4) is 0 Å². The van der Waals surface area contributed by atoms with Crippen molar-refractivity contribution in [3.63, 3.8) is 0 Å². The van der Waals surface area contributed by atoms with E-state index in [0.717, 1.165) is 11.8 Å². The van der Waals surface area contributed by atoms with E-state index < -0.39 is 5.25 Å². The van der Waals surface area contributed by atoms with Crippen LogP contribution in [0.25, 0.3) is 6.08 Å². The zero-order valence-corrected chi connectivity index (χ0v) is 24.1. The largest absolute Gasteiger partial charge is 0.493 e. The topological polar surface area (TPSA) is 119 Å². The molecular formula is C30H30N4O6S. The first kappa shape index (κ1) is 29.2. The summed E-state index contributed by atoms with van der Waals surface area (Å²) in [6, 6.07) is 19.4.